The summed E-state index contributed by atoms with van der Waals surface area (Å²) in [6.07, 6.45) is 9.94. The molecule has 0 bridgehead atoms. The first-order chi connectivity index (χ1) is 10.1. The molecule has 0 atom stereocenters. The number of fused-ring (bicyclic) bond motifs is 1. The molecule has 1 saturated heterocycles. The van der Waals surface area contributed by atoms with Crippen LogP contribution in [0.5, 0.6) is 0 Å². The largest absolute Gasteiger partial charge is 0.494 e. The van der Waals surface area contributed by atoms with Crippen LogP contribution in [0.25, 0.3) is 0 Å². The molecule has 1 aliphatic heterocycles. The van der Waals surface area contributed by atoms with Crippen LogP contribution in [-0.2, 0) is 9.31 Å². The molecule has 1 aromatic carbocycles. The summed E-state index contributed by atoms with van der Waals surface area (Å²) >= 11 is 0. The second kappa shape index (κ2) is 4.86. The van der Waals surface area contributed by atoms with E-state index in [1.807, 2.05) is 0 Å². The number of rotatable bonds is 1. The van der Waals surface area contributed by atoms with E-state index >= 15 is 0 Å². The first kappa shape index (κ1) is 13.8. The van der Waals surface area contributed by atoms with Crippen molar-refractivity contribution in [1.82, 2.24) is 0 Å². The third-order valence-corrected chi connectivity index (χ3v) is 6.12. The van der Waals surface area contributed by atoms with Crippen molar-refractivity contribution in [3.63, 3.8) is 0 Å². The number of hydrogen-bond acceptors (Lipinski definition) is 2. The van der Waals surface area contributed by atoms with Crippen molar-refractivity contribution in [1.29, 1.82) is 0 Å². The highest BCUT2D eigenvalue weighted by Crippen LogP contribution is 2.55. The lowest BCUT2D eigenvalue weighted by Gasteiger charge is -2.39. The summed E-state index contributed by atoms with van der Waals surface area (Å²) in [6.45, 7) is 4.33. The summed E-state index contributed by atoms with van der Waals surface area (Å²) in [7, 11) is -0.152. The van der Waals surface area contributed by atoms with Gasteiger partial charge in [0.25, 0.3) is 0 Å². The molecule has 2 aliphatic carbocycles. The zero-order valence-electron chi connectivity index (χ0n) is 13.3. The molecule has 112 valence electrons. The molecule has 0 amide bonds. The summed E-state index contributed by atoms with van der Waals surface area (Å²) < 4.78 is 13.2. The van der Waals surface area contributed by atoms with E-state index < -0.39 is 0 Å². The van der Waals surface area contributed by atoms with E-state index in [0.29, 0.717) is 0 Å². The molecule has 1 aromatic rings. The van der Waals surface area contributed by atoms with Crippen LogP contribution in [0, 0.1) is 13.8 Å². The normalized spacial score (nSPS) is 26.3. The first-order valence-corrected chi connectivity index (χ1v) is 8.57. The highest BCUT2D eigenvalue weighted by molar-refractivity contribution is 6.62. The van der Waals surface area contributed by atoms with Gasteiger partial charge in [0.05, 0.1) is 11.2 Å². The Morgan fingerprint density at radius 3 is 1.81 bits per heavy atom. The predicted molar refractivity (Wildman–Crippen MR) is 85.9 cm³/mol. The van der Waals surface area contributed by atoms with Crippen LogP contribution in [0.15, 0.2) is 18.2 Å². The lowest BCUT2D eigenvalue weighted by atomic mass is 9.78. The van der Waals surface area contributed by atoms with Gasteiger partial charge in [-0.3, -0.25) is 0 Å². The minimum absolute atomic E-state index is 0.00690. The van der Waals surface area contributed by atoms with Gasteiger partial charge in [-0.2, -0.15) is 0 Å². The van der Waals surface area contributed by atoms with Crippen molar-refractivity contribution in [3.8, 4) is 0 Å². The Bertz CT molecular complexity index is 518. The monoisotopic (exact) mass is 284 g/mol. The summed E-state index contributed by atoms with van der Waals surface area (Å²) in [4.78, 5) is 0. The molecule has 0 N–H and O–H groups in total. The molecule has 3 heteroatoms. The zero-order valence-corrected chi connectivity index (χ0v) is 13.3. The van der Waals surface area contributed by atoms with Crippen LogP contribution < -0.4 is 5.46 Å². The lowest BCUT2D eigenvalue weighted by molar-refractivity contribution is -0.0400. The fourth-order valence-electron chi connectivity index (χ4n) is 4.74. The van der Waals surface area contributed by atoms with Gasteiger partial charge < -0.3 is 9.31 Å². The molecule has 2 nitrogen and oxygen atoms in total. The van der Waals surface area contributed by atoms with E-state index in [0.717, 1.165) is 0 Å². The maximum Gasteiger partial charge on any atom is 0.494 e. The van der Waals surface area contributed by atoms with Crippen molar-refractivity contribution in [3.05, 3.63) is 29.3 Å². The quantitative estimate of drug-likeness (QED) is 0.732. The molecule has 2 saturated carbocycles. The summed E-state index contributed by atoms with van der Waals surface area (Å²) in [5.74, 6) is 0. The second-order valence-electron chi connectivity index (χ2n) is 7.31. The van der Waals surface area contributed by atoms with Gasteiger partial charge in [0.1, 0.15) is 0 Å². The van der Waals surface area contributed by atoms with Gasteiger partial charge in [0.2, 0.25) is 0 Å². The third kappa shape index (κ3) is 2.01. The Labute approximate surface area is 128 Å². The molecule has 0 aromatic heterocycles. The molecule has 21 heavy (non-hydrogen) atoms. The topological polar surface area (TPSA) is 18.5 Å². The van der Waals surface area contributed by atoms with Crippen LogP contribution in [0.2, 0.25) is 0 Å². The summed E-state index contributed by atoms with van der Waals surface area (Å²) in [6, 6.07) is 6.62. The van der Waals surface area contributed by atoms with Gasteiger partial charge in [-0.1, -0.05) is 43.9 Å². The van der Waals surface area contributed by atoms with E-state index in [-0.39, 0.29) is 18.3 Å². The Morgan fingerprint density at radius 1 is 0.810 bits per heavy atom. The minimum atomic E-state index is -0.152. The van der Waals surface area contributed by atoms with Crippen LogP contribution in [0.1, 0.15) is 62.5 Å². The van der Waals surface area contributed by atoms with Gasteiger partial charge in [-0.25, -0.2) is 0 Å². The molecule has 3 aliphatic rings. The summed E-state index contributed by atoms with van der Waals surface area (Å²) in [5.41, 5.74) is 3.88. The van der Waals surface area contributed by atoms with Crippen molar-refractivity contribution >= 4 is 12.6 Å². The fourth-order valence-corrected chi connectivity index (χ4v) is 4.74. The Hall–Kier alpha value is -0.795. The smallest absolute Gasteiger partial charge is 0.399 e. The maximum atomic E-state index is 6.61. The van der Waals surface area contributed by atoms with E-state index in [1.54, 1.807) is 0 Å². The van der Waals surface area contributed by atoms with Crippen molar-refractivity contribution in [2.45, 2.75) is 76.4 Å². The Kier molecular flexibility index (Phi) is 3.20. The number of aryl methyl sites for hydroxylation is 2. The highest BCUT2D eigenvalue weighted by Gasteiger charge is 2.63. The van der Waals surface area contributed by atoms with E-state index in [4.69, 9.17) is 9.31 Å². The standard InChI is InChI=1S/C18H25BO2/c1-14-7-8-16(13-15(14)2)19-20-17(9-3-4-10-17)18(21-19)11-5-6-12-18/h7-8,13H,3-6,9-12H2,1-2H3. The van der Waals surface area contributed by atoms with E-state index in [9.17, 15) is 0 Å². The Morgan fingerprint density at radius 2 is 1.33 bits per heavy atom. The van der Waals surface area contributed by atoms with Gasteiger partial charge >= 0.3 is 7.12 Å². The van der Waals surface area contributed by atoms with Gasteiger partial charge in [0, 0.05) is 0 Å². The van der Waals surface area contributed by atoms with E-state index in [1.165, 1.54) is 68.0 Å². The van der Waals surface area contributed by atoms with Crippen molar-refractivity contribution in [2.75, 3.05) is 0 Å². The zero-order chi connectivity index (χ0) is 14.5. The van der Waals surface area contributed by atoms with Crippen molar-refractivity contribution in [2.24, 2.45) is 0 Å². The molecule has 1 heterocycles. The average Bonchev–Trinajstić information content (AvgIpc) is 3.18. The molecular formula is C18H25BO2. The number of hydrogen-bond donors (Lipinski definition) is 0. The molecule has 3 fully saturated rings. The second-order valence-corrected chi connectivity index (χ2v) is 7.31. The highest BCUT2D eigenvalue weighted by atomic mass is 16.7. The van der Waals surface area contributed by atoms with Crippen LogP contribution in [0.3, 0.4) is 0 Å². The summed E-state index contributed by atoms with van der Waals surface area (Å²) in [5, 5.41) is 0. The van der Waals surface area contributed by atoms with Crippen molar-refractivity contribution < 1.29 is 9.31 Å². The van der Waals surface area contributed by atoms with Gasteiger partial charge in [-0.05, 0) is 56.1 Å². The molecular weight excluding hydrogens is 259 g/mol. The average molecular weight is 284 g/mol. The van der Waals surface area contributed by atoms with Gasteiger partial charge in [-0.15, -0.1) is 0 Å². The number of benzene rings is 1. The SMILES string of the molecule is Cc1ccc(B2OC3(CCCC3)C3(CCCC3)O2)cc1C. The maximum absolute atomic E-state index is 6.61. The molecule has 0 radical (unpaired) electrons. The minimum Gasteiger partial charge on any atom is -0.399 e. The van der Waals surface area contributed by atoms with Crippen LogP contribution in [0.4, 0.5) is 0 Å². The Balaban J connectivity index is 1.68. The predicted octanol–water partition coefficient (Wildman–Crippen LogP) is 3.67. The molecule has 4 rings (SSSR count). The van der Waals surface area contributed by atoms with E-state index in [2.05, 4.69) is 32.0 Å². The lowest BCUT2D eigenvalue weighted by Crippen LogP contribution is -2.47. The van der Waals surface area contributed by atoms with Crippen LogP contribution in [-0.4, -0.2) is 18.3 Å². The first-order valence-electron chi connectivity index (χ1n) is 8.57. The third-order valence-electron chi connectivity index (χ3n) is 6.12. The molecule has 2 spiro atoms. The molecule has 0 unspecified atom stereocenters. The van der Waals surface area contributed by atoms with Crippen LogP contribution >= 0.6 is 0 Å². The fraction of sp³-hybridized carbons (Fsp3) is 0.667. The van der Waals surface area contributed by atoms with Gasteiger partial charge in [0.15, 0.2) is 0 Å².